The summed E-state index contributed by atoms with van der Waals surface area (Å²) in [6.07, 6.45) is -4.71. The molecular weight excluding hydrogens is 355 g/mol. The molecule has 2 aromatic carbocycles. The third-order valence-electron chi connectivity index (χ3n) is 3.52. The van der Waals surface area contributed by atoms with Gasteiger partial charge in [0.05, 0.1) is 16.2 Å². The van der Waals surface area contributed by atoms with Crippen molar-refractivity contribution in [3.63, 3.8) is 0 Å². The molecule has 0 unspecified atom stereocenters. The Morgan fingerprint density at radius 2 is 1.48 bits per heavy atom. The van der Waals surface area contributed by atoms with Crippen LogP contribution in [-0.2, 0) is 15.6 Å². The van der Waals surface area contributed by atoms with Crippen molar-refractivity contribution in [2.75, 3.05) is 10.8 Å². The smallest absolute Gasteiger partial charge is 0.386 e. The molecule has 0 aromatic heterocycles. The van der Waals surface area contributed by atoms with Crippen molar-refractivity contribution in [3.05, 3.63) is 60.2 Å². The highest BCUT2D eigenvalue weighted by Gasteiger charge is 2.37. The van der Waals surface area contributed by atoms with E-state index in [0.717, 1.165) is 0 Å². The van der Waals surface area contributed by atoms with Crippen LogP contribution >= 0.6 is 0 Å². The topological polar surface area (TPSA) is 57.6 Å². The maximum Gasteiger partial charge on any atom is 0.407 e. The average Bonchev–Trinajstić information content (AvgIpc) is 2.52. The van der Waals surface area contributed by atoms with Crippen molar-refractivity contribution >= 4 is 15.7 Å². The van der Waals surface area contributed by atoms with E-state index in [-0.39, 0.29) is 10.6 Å². The first kappa shape index (κ1) is 19.3. The first-order chi connectivity index (χ1) is 11.4. The van der Waals surface area contributed by atoms with Gasteiger partial charge in [0.15, 0.2) is 0 Å². The number of aliphatic hydroxyl groups is 1. The molecule has 0 spiro atoms. The van der Waals surface area contributed by atoms with Crippen molar-refractivity contribution in [2.45, 2.75) is 30.5 Å². The zero-order valence-corrected chi connectivity index (χ0v) is 14.5. The second-order valence-electron chi connectivity index (χ2n) is 6.05. The molecule has 0 aliphatic rings. The number of nitrogens with zero attached hydrogens (tertiary/aromatic N) is 1. The SMILES string of the molecule is CC(C)(O)c1ccc(N(CC(F)(F)F)S(=O)(=O)c2ccccc2)cc1. The van der Waals surface area contributed by atoms with Crippen molar-refractivity contribution in [3.8, 4) is 0 Å². The molecule has 0 fully saturated rings. The Morgan fingerprint density at radius 3 is 1.92 bits per heavy atom. The number of sulfonamides is 1. The number of hydrogen-bond acceptors (Lipinski definition) is 3. The van der Waals surface area contributed by atoms with Gasteiger partial charge in [-0.3, -0.25) is 4.31 Å². The Balaban J connectivity index is 2.50. The van der Waals surface area contributed by atoms with Crippen LogP contribution in [0.1, 0.15) is 19.4 Å². The van der Waals surface area contributed by atoms with E-state index < -0.39 is 28.3 Å². The first-order valence-electron chi connectivity index (χ1n) is 7.39. The van der Waals surface area contributed by atoms with E-state index in [0.29, 0.717) is 9.87 Å². The maximum atomic E-state index is 13.0. The third kappa shape index (κ3) is 4.73. The lowest BCUT2D eigenvalue weighted by Crippen LogP contribution is -2.39. The number of alkyl halides is 3. The number of rotatable bonds is 5. The van der Waals surface area contributed by atoms with Crippen LogP contribution in [0.2, 0.25) is 0 Å². The van der Waals surface area contributed by atoms with Crippen molar-refractivity contribution < 1.29 is 26.7 Å². The standard InChI is InChI=1S/C17H18F3NO3S/c1-16(2,22)13-8-10-14(11-9-13)21(12-17(18,19)20)25(23,24)15-6-4-3-5-7-15/h3-11,22H,12H2,1-2H3. The predicted molar refractivity (Wildman–Crippen MR) is 88.7 cm³/mol. The summed E-state index contributed by atoms with van der Waals surface area (Å²) in [6, 6.07) is 12.2. The fourth-order valence-electron chi connectivity index (χ4n) is 2.23. The molecule has 4 nitrogen and oxygen atoms in total. The molecular formula is C17H18F3NO3S. The van der Waals surface area contributed by atoms with E-state index in [2.05, 4.69) is 0 Å². The maximum absolute atomic E-state index is 13.0. The molecule has 0 saturated heterocycles. The summed E-state index contributed by atoms with van der Waals surface area (Å²) in [7, 11) is -4.38. The summed E-state index contributed by atoms with van der Waals surface area (Å²) in [4.78, 5) is -0.231. The van der Waals surface area contributed by atoms with Gasteiger partial charge in [-0.15, -0.1) is 0 Å². The van der Waals surface area contributed by atoms with E-state index in [1.54, 1.807) is 6.07 Å². The highest BCUT2D eigenvalue weighted by molar-refractivity contribution is 7.92. The summed E-state index contributed by atoms with van der Waals surface area (Å²) >= 11 is 0. The van der Waals surface area contributed by atoms with E-state index in [1.165, 1.54) is 62.4 Å². The van der Waals surface area contributed by atoms with Gasteiger partial charge in [0.25, 0.3) is 10.0 Å². The quantitative estimate of drug-likeness (QED) is 0.870. The molecule has 8 heteroatoms. The molecule has 0 heterocycles. The van der Waals surface area contributed by atoms with Gasteiger partial charge in [0, 0.05) is 0 Å². The minimum absolute atomic E-state index is 0.130. The highest BCUT2D eigenvalue weighted by Crippen LogP contribution is 2.30. The van der Waals surface area contributed by atoms with E-state index in [4.69, 9.17) is 0 Å². The monoisotopic (exact) mass is 373 g/mol. The molecule has 0 aliphatic carbocycles. The molecule has 1 N–H and O–H groups in total. The molecule has 0 saturated carbocycles. The largest absolute Gasteiger partial charge is 0.407 e. The Labute approximate surface area is 144 Å². The van der Waals surface area contributed by atoms with Crippen LogP contribution < -0.4 is 4.31 Å². The van der Waals surface area contributed by atoms with Gasteiger partial charge < -0.3 is 5.11 Å². The Morgan fingerprint density at radius 1 is 0.960 bits per heavy atom. The Hall–Kier alpha value is -2.06. The normalized spacial score (nSPS) is 12.9. The number of halogens is 3. The first-order valence-corrected chi connectivity index (χ1v) is 8.83. The lowest BCUT2D eigenvalue weighted by Gasteiger charge is -2.26. The molecule has 0 radical (unpaired) electrons. The van der Waals surface area contributed by atoms with Crippen molar-refractivity contribution in [1.29, 1.82) is 0 Å². The van der Waals surface area contributed by atoms with Crippen LogP contribution in [-0.4, -0.2) is 26.2 Å². The number of benzene rings is 2. The fraction of sp³-hybridized carbons (Fsp3) is 0.294. The van der Waals surface area contributed by atoms with Gasteiger partial charge in [-0.05, 0) is 43.7 Å². The van der Waals surface area contributed by atoms with Gasteiger partial charge in [-0.2, -0.15) is 13.2 Å². The van der Waals surface area contributed by atoms with Gasteiger partial charge >= 0.3 is 6.18 Å². The van der Waals surface area contributed by atoms with Gasteiger partial charge in [-0.1, -0.05) is 30.3 Å². The minimum atomic E-state index is -4.71. The average molecular weight is 373 g/mol. The molecule has 0 amide bonds. The molecule has 2 rings (SSSR count). The number of anilines is 1. The van der Waals surface area contributed by atoms with E-state index >= 15 is 0 Å². The minimum Gasteiger partial charge on any atom is -0.386 e. The van der Waals surface area contributed by atoms with Crippen LogP contribution in [0.4, 0.5) is 18.9 Å². The van der Waals surface area contributed by atoms with E-state index in [1.807, 2.05) is 0 Å². The van der Waals surface area contributed by atoms with Gasteiger partial charge in [0.2, 0.25) is 0 Å². The molecule has 136 valence electrons. The van der Waals surface area contributed by atoms with Crippen LogP contribution in [0.5, 0.6) is 0 Å². The van der Waals surface area contributed by atoms with Crippen LogP contribution in [0.25, 0.3) is 0 Å². The Kier molecular flexibility index (Phi) is 5.15. The zero-order chi connectivity index (χ0) is 18.9. The summed E-state index contributed by atoms with van der Waals surface area (Å²) in [5.41, 5.74) is -0.861. The summed E-state index contributed by atoms with van der Waals surface area (Å²) in [5, 5.41) is 9.93. The van der Waals surface area contributed by atoms with Crippen LogP contribution in [0.15, 0.2) is 59.5 Å². The highest BCUT2D eigenvalue weighted by atomic mass is 32.2. The molecule has 0 atom stereocenters. The van der Waals surface area contributed by atoms with Crippen molar-refractivity contribution in [2.24, 2.45) is 0 Å². The van der Waals surface area contributed by atoms with Crippen LogP contribution in [0.3, 0.4) is 0 Å². The van der Waals surface area contributed by atoms with Crippen LogP contribution in [0, 0.1) is 0 Å². The van der Waals surface area contributed by atoms with Gasteiger partial charge in [0.1, 0.15) is 6.54 Å². The Bertz CT molecular complexity index is 811. The lowest BCUT2D eigenvalue weighted by molar-refractivity contribution is -0.117. The zero-order valence-electron chi connectivity index (χ0n) is 13.7. The second-order valence-corrected chi connectivity index (χ2v) is 7.91. The van der Waals surface area contributed by atoms with Crippen molar-refractivity contribution in [1.82, 2.24) is 0 Å². The summed E-state index contributed by atoms with van der Waals surface area (Å²) < 4.78 is 64.5. The molecule has 0 bridgehead atoms. The third-order valence-corrected chi connectivity index (χ3v) is 5.30. The lowest BCUT2D eigenvalue weighted by atomic mass is 9.98. The number of hydrogen-bond donors (Lipinski definition) is 1. The summed E-state index contributed by atoms with van der Waals surface area (Å²) in [5.74, 6) is 0. The molecule has 25 heavy (non-hydrogen) atoms. The predicted octanol–water partition coefficient (Wildman–Crippen LogP) is 3.67. The van der Waals surface area contributed by atoms with E-state index in [9.17, 15) is 26.7 Å². The fourth-order valence-corrected chi connectivity index (χ4v) is 3.70. The molecule has 0 aliphatic heterocycles. The second kappa shape index (κ2) is 6.68. The van der Waals surface area contributed by atoms with Gasteiger partial charge in [-0.25, -0.2) is 8.42 Å². The summed E-state index contributed by atoms with van der Waals surface area (Å²) in [6.45, 7) is 1.40. The molecule has 2 aromatic rings.